The topological polar surface area (TPSA) is 16.1 Å². The number of hydrogen-bond donors (Lipinski definition) is 0. The van der Waals surface area contributed by atoms with Crippen LogP contribution in [0.25, 0.3) is 11.3 Å². The zero-order valence-electron chi connectivity index (χ0n) is 19.4. The second-order valence-corrected chi connectivity index (χ2v) is 8.59. The molecule has 1 aliphatic heterocycles. The molecular weight excluding hydrogens is 400 g/mol. The van der Waals surface area contributed by atoms with Gasteiger partial charge in [0, 0.05) is 6.20 Å². The first-order chi connectivity index (χ1) is 16.2. The van der Waals surface area contributed by atoms with Crippen molar-refractivity contribution in [3.63, 3.8) is 0 Å². The van der Waals surface area contributed by atoms with E-state index in [4.69, 9.17) is 4.98 Å². The SMILES string of the molecule is CC1=C(c2ccccc2)N(c2ncccc2C)C(c2ccccc2)C(C)=C1c1ccccc1. The van der Waals surface area contributed by atoms with Crippen molar-refractivity contribution in [1.29, 1.82) is 0 Å². The minimum atomic E-state index is 0.0360. The molecule has 1 aromatic heterocycles. The molecule has 0 N–H and O–H groups in total. The Labute approximate surface area is 196 Å². The maximum Gasteiger partial charge on any atom is 0.136 e. The molecule has 0 bridgehead atoms. The van der Waals surface area contributed by atoms with E-state index in [1.54, 1.807) is 0 Å². The smallest absolute Gasteiger partial charge is 0.136 e. The lowest BCUT2D eigenvalue weighted by atomic mass is 9.81. The fourth-order valence-corrected chi connectivity index (χ4v) is 5.05. The Morgan fingerprint density at radius 3 is 1.82 bits per heavy atom. The molecule has 0 amide bonds. The summed E-state index contributed by atoms with van der Waals surface area (Å²) in [5.41, 5.74) is 9.98. The van der Waals surface area contributed by atoms with Gasteiger partial charge in [-0.15, -0.1) is 0 Å². The molecule has 2 heteroatoms. The van der Waals surface area contributed by atoms with E-state index in [2.05, 4.69) is 123 Å². The maximum atomic E-state index is 4.89. The summed E-state index contributed by atoms with van der Waals surface area (Å²) in [6.45, 7) is 6.67. The van der Waals surface area contributed by atoms with Gasteiger partial charge in [-0.05, 0) is 65.8 Å². The summed E-state index contributed by atoms with van der Waals surface area (Å²) >= 11 is 0. The number of hydrogen-bond acceptors (Lipinski definition) is 2. The highest BCUT2D eigenvalue weighted by Crippen LogP contribution is 2.49. The predicted molar refractivity (Wildman–Crippen MR) is 139 cm³/mol. The van der Waals surface area contributed by atoms with E-state index in [1.165, 1.54) is 39.1 Å². The van der Waals surface area contributed by atoms with Gasteiger partial charge in [-0.1, -0.05) is 97.1 Å². The minimum absolute atomic E-state index is 0.0360. The third-order valence-electron chi connectivity index (χ3n) is 6.47. The fourth-order valence-electron chi connectivity index (χ4n) is 5.05. The van der Waals surface area contributed by atoms with Crippen molar-refractivity contribution in [3.8, 4) is 0 Å². The van der Waals surface area contributed by atoms with E-state index in [-0.39, 0.29) is 6.04 Å². The van der Waals surface area contributed by atoms with E-state index >= 15 is 0 Å². The number of anilines is 1. The molecule has 162 valence electrons. The maximum absolute atomic E-state index is 4.89. The standard InChI is InChI=1S/C31H28N2/c1-22-14-13-21-32-31(22)33-29(26-17-9-5-10-18-26)23(2)28(25-15-7-4-8-16-25)24(3)30(33)27-19-11-6-12-20-27/h4-21,29H,1-3H3. The largest absolute Gasteiger partial charge is 0.314 e. The van der Waals surface area contributed by atoms with E-state index in [0.29, 0.717) is 0 Å². The van der Waals surface area contributed by atoms with Gasteiger partial charge in [-0.2, -0.15) is 0 Å². The molecule has 5 rings (SSSR count). The first kappa shape index (κ1) is 21.0. The molecule has 0 fully saturated rings. The van der Waals surface area contributed by atoms with Gasteiger partial charge in [0.25, 0.3) is 0 Å². The highest BCUT2D eigenvalue weighted by atomic mass is 15.2. The average molecular weight is 429 g/mol. The molecule has 0 saturated heterocycles. The Balaban J connectivity index is 1.86. The quantitative estimate of drug-likeness (QED) is 0.329. The van der Waals surface area contributed by atoms with Crippen LogP contribution in [0.1, 0.15) is 42.1 Å². The molecule has 1 unspecified atom stereocenters. The van der Waals surface area contributed by atoms with Gasteiger partial charge in [0.15, 0.2) is 0 Å². The van der Waals surface area contributed by atoms with Crippen LogP contribution >= 0.6 is 0 Å². The molecule has 1 atom stereocenters. The van der Waals surface area contributed by atoms with Gasteiger partial charge in [0.2, 0.25) is 0 Å². The van der Waals surface area contributed by atoms with Crippen molar-refractivity contribution in [2.75, 3.05) is 4.90 Å². The van der Waals surface area contributed by atoms with Crippen LogP contribution in [-0.4, -0.2) is 4.98 Å². The Bertz CT molecular complexity index is 1320. The second-order valence-electron chi connectivity index (χ2n) is 8.59. The highest BCUT2D eigenvalue weighted by Gasteiger charge is 2.35. The summed E-state index contributed by atoms with van der Waals surface area (Å²) in [7, 11) is 0. The van der Waals surface area contributed by atoms with Crippen LogP contribution in [0, 0.1) is 6.92 Å². The fraction of sp³-hybridized carbons (Fsp3) is 0.129. The number of allylic oxidation sites excluding steroid dienone is 2. The first-order valence-corrected chi connectivity index (χ1v) is 11.5. The Kier molecular flexibility index (Phi) is 5.66. The third kappa shape index (κ3) is 3.78. The molecule has 4 aromatic rings. The van der Waals surface area contributed by atoms with Gasteiger partial charge >= 0.3 is 0 Å². The molecule has 0 radical (unpaired) electrons. The van der Waals surface area contributed by atoms with E-state index < -0.39 is 0 Å². The third-order valence-corrected chi connectivity index (χ3v) is 6.47. The molecule has 0 spiro atoms. The summed E-state index contributed by atoms with van der Waals surface area (Å²) < 4.78 is 0. The molecule has 0 aliphatic carbocycles. The first-order valence-electron chi connectivity index (χ1n) is 11.5. The van der Waals surface area contributed by atoms with E-state index in [1.807, 2.05) is 12.3 Å². The lowest BCUT2D eigenvalue weighted by molar-refractivity contribution is 0.779. The predicted octanol–water partition coefficient (Wildman–Crippen LogP) is 7.86. The Hall–Kier alpha value is -3.91. The lowest BCUT2D eigenvalue weighted by Crippen LogP contribution is -2.33. The van der Waals surface area contributed by atoms with Gasteiger partial charge in [0.05, 0.1) is 11.7 Å². The summed E-state index contributed by atoms with van der Waals surface area (Å²) in [4.78, 5) is 7.33. The monoisotopic (exact) mass is 428 g/mol. The van der Waals surface area contributed by atoms with Crippen LogP contribution in [0.2, 0.25) is 0 Å². The number of pyridine rings is 1. The average Bonchev–Trinajstić information content (AvgIpc) is 2.86. The van der Waals surface area contributed by atoms with Gasteiger partial charge in [-0.25, -0.2) is 4.98 Å². The van der Waals surface area contributed by atoms with Crippen LogP contribution < -0.4 is 4.90 Å². The van der Waals surface area contributed by atoms with Crippen LogP contribution in [0.5, 0.6) is 0 Å². The molecular formula is C31H28N2. The van der Waals surface area contributed by atoms with Crippen LogP contribution in [0.3, 0.4) is 0 Å². The molecule has 0 saturated carbocycles. The van der Waals surface area contributed by atoms with Gasteiger partial charge < -0.3 is 4.90 Å². The van der Waals surface area contributed by atoms with Crippen molar-refractivity contribution in [2.24, 2.45) is 0 Å². The van der Waals surface area contributed by atoms with Crippen molar-refractivity contribution in [1.82, 2.24) is 4.98 Å². The highest BCUT2D eigenvalue weighted by molar-refractivity contribution is 5.98. The van der Waals surface area contributed by atoms with E-state index in [9.17, 15) is 0 Å². The van der Waals surface area contributed by atoms with Crippen molar-refractivity contribution in [2.45, 2.75) is 26.8 Å². The van der Waals surface area contributed by atoms with E-state index in [0.717, 1.165) is 11.4 Å². The normalized spacial score (nSPS) is 16.3. The Morgan fingerprint density at radius 1 is 0.636 bits per heavy atom. The van der Waals surface area contributed by atoms with Crippen molar-refractivity contribution >= 4 is 17.1 Å². The number of aryl methyl sites for hydroxylation is 1. The number of benzene rings is 3. The number of aromatic nitrogens is 1. The zero-order valence-corrected chi connectivity index (χ0v) is 19.4. The molecule has 33 heavy (non-hydrogen) atoms. The van der Waals surface area contributed by atoms with Crippen molar-refractivity contribution in [3.05, 3.63) is 143 Å². The van der Waals surface area contributed by atoms with Crippen LogP contribution in [0.4, 0.5) is 5.82 Å². The van der Waals surface area contributed by atoms with Crippen molar-refractivity contribution < 1.29 is 0 Å². The van der Waals surface area contributed by atoms with Crippen LogP contribution in [-0.2, 0) is 0 Å². The van der Waals surface area contributed by atoms with Gasteiger partial charge in [-0.3, -0.25) is 0 Å². The van der Waals surface area contributed by atoms with Crippen LogP contribution in [0.15, 0.2) is 120 Å². The van der Waals surface area contributed by atoms with Gasteiger partial charge in [0.1, 0.15) is 5.82 Å². The summed E-state index contributed by atoms with van der Waals surface area (Å²) in [6, 6.07) is 36.5. The molecule has 3 aromatic carbocycles. The molecule has 2 heterocycles. The molecule has 2 nitrogen and oxygen atoms in total. The Morgan fingerprint density at radius 2 is 1.21 bits per heavy atom. The summed E-state index contributed by atoms with van der Waals surface area (Å²) in [5, 5.41) is 0. The second kappa shape index (κ2) is 8.91. The minimum Gasteiger partial charge on any atom is -0.314 e. The molecule has 1 aliphatic rings. The summed E-state index contributed by atoms with van der Waals surface area (Å²) in [5.74, 6) is 0.996. The number of rotatable bonds is 4. The zero-order chi connectivity index (χ0) is 22.8. The lowest BCUT2D eigenvalue weighted by Gasteiger charge is -2.42. The summed E-state index contributed by atoms with van der Waals surface area (Å²) in [6.07, 6.45) is 1.90. The number of nitrogens with zero attached hydrogens (tertiary/aromatic N) is 2.